The molecule has 24 heavy (non-hydrogen) atoms. The van der Waals surface area contributed by atoms with Gasteiger partial charge < -0.3 is 5.32 Å². The Morgan fingerprint density at radius 2 is 1.79 bits per heavy atom. The second kappa shape index (κ2) is 7.30. The van der Waals surface area contributed by atoms with Crippen molar-refractivity contribution in [1.82, 2.24) is 9.78 Å². The summed E-state index contributed by atoms with van der Waals surface area (Å²) in [6.07, 6.45) is 3.43. The van der Waals surface area contributed by atoms with Crippen LogP contribution in [0.5, 0.6) is 0 Å². The maximum Gasteiger partial charge on any atom is 0.248 e. The molecule has 0 bridgehead atoms. The van der Waals surface area contributed by atoms with Crippen molar-refractivity contribution in [3.8, 4) is 11.8 Å². The zero-order valence-electron chi connectivity index (χ0n) is 13.3. The van der Waals surface area contributed by atoms with Gasteiger partial charge in [-0.05, 0) is 43.3 Å². The molecule has 4 heteroatoms. The summed E-state index contributed by atoms with van der Waals surface area (Å²) >= 11 is 0. The number of aromatic nitrogens is 2. The van der Waals surface area contributed by atoms with E-state index in [1.54, 1.807) is 30.1 Å². The number of amides is 1. The molecule has 3 aromatic rings. The Balaban J connectivity index is 1.72. The van der Waals surface area contributed by atoms with Gasteiger partial charge in [0, 0.05) is 29.2 Å². The fraction of sp³-hybridized carbons (Fsp3) is 0.100. The zero-order chi connectivity index (χ0) is 16.8. The molecule has 0 aliphatic carbocycles. The summed E-state index contributed by atoms with van der Waals surface area (Å²) in [5.41, 5.74) is 2.53. The maximum absolute atomic E-state index is 12.3. The normalized spacial score (nSPS) is 11.2. The topological polar surface area (TPSA) is 46.9 Å². The first kappa shape index (κ1) is 15.6. The van der Waals surface area contributed by atoms with Crippen LogP contribution in [0.2, 0.25) is 0 Å². The Hall–Kier alpha value is -3.32. The van der Waals surface area contributed by atoms with Crippen LogP contribution in [0, 0.1) is 11.8 Å². The van der Waals surface area contributed by atoms with Crippen LogP contribution < -0.4 is 5.32 Å². The Labute approximate surface area is 141 Å². The van der Waals surface area contributed by atoms with Gasteiger partial charge in [0.15, 0.2) is 0 Å². The standard InChI is InChI=1S/C20H17N3O/c1-16(23-14-6-13-21-23)20(24)22-19-10-5-9-18(15-19)12-11-17-7-3-2-4-8-17/h2-10,13-16H,1H3,(H,22,24). The van der Waals surface area contributed by atoms with Crippen molar-refractivity contribution in [2.45, 2.75) is 13.0 Å². The van der Waals surface area contributed by atoms with Gasteiger partial charge in [-0.25, -0.2) is 0 Å². The maximum atomic E-state index is 12.3. The van der Waals surface area contributed by atoms with Crippen LogP contribution in [0.15, 0.2) is 73.1 Å². The summed E-state index contributed by atoms with van der Waals surface area (Å²) in [6.45, 7) is 1.81. The zero-order valence-corrected chi connectivity index (χ0v) is 13.3. The van der Waals surface area contributed by atoms with E-state index in [4.69, 9.17) is 0 Å². The molecule has 118 valence electrons. The van der Waals surface area contributed by atoms with Crippen molar-refractivity contribution < 1.29 is 4.79 Å². The molecular formula is C20H17N3O. The van der Waals surface area contributed by atoms with Crippen LogP contribution in [0.25, 0.3) is 0 Å². The number of carbonyl (C=O) groups is 1. The third kappa shape index (κ3) is 3.90. The molecule has 0 saturated carbocycles. The molecule has 0 fully saturated rings. The fourth-order valence-electron chi connectivity index (χ4n) is 2.22. The molecule has 1 atom stereocenters. The van der Waals surface area contributed by atoms with E-state index in [1.165, 1.54) is 0 Å². The lowest BCUT2D eigenvalue weighted by atomic mass is 10.1. The Bertz CT molecular complexity index is 874. The molecule has 1 amide bonds. The van der Waals surface area contributed by atoms with Crippen molar-refractivity contribution in [1.29, 1.82) is 0 Å². The number of nitrogens with zero attached hydrogens (tertiary/aromatic N) is 2. The summed E-state index contributed by atoms with van der Waals surface area (Å²) < 4.78 is 1.62. The lowest BCUT2D eigenvalue weighted by Gasteiger charge is -2.12. The molecular weight excluding hydrogens is 298 g/mol. The predicted molar refractivity (Wildman–Crippen MR) is 94.4 cm³/mol. The van der Waals surface area contributed by atoms with Crippen LogP contribution in [0.4, 0.5) is 5.69 Å². The highest BCUT2D eigenvalue weighted by Crippen LogP contribution is 2.13. The summed E-state index contributed by atoms with van der Waals surface area (Å²) in [4.78, 5) is 12.3. The van der Waals surface area contributed by atoms with E-state index in [-0.39, 0.29) is 11.9 Å². The second-order valence-corrected chi connectivity index (χ2v) is 5.35. The van der Waals surface area contributed by atoms with Gasteiger partial charge in [0.05, 0.1) is 0 Å². The molecule has 1 aromatic heterocycles. The van der Waals surface area contributed by atoms with Crippen molar-refractivity contribution in [2.24, 2.45) is 0 Å². The lowest BCUT2D eigenvalue weighted by Crippen LogP contribution is -2.23. The number of hydrogen-bond donors (Lipinski definition) is 1. The van der Waals surface area contributed by atoms with Gasteiger partial charge >= 0.3 is 0 Å². The molecule has 0 aliphatic heterocycles. The third-order valence-corrected chi connectivity index (χ3v) is 3.56. The molecule has 2 aromatic carbocycles. The first-order valence-electron chi connectivity index (χ1n) is 7.69. The van der Waals surface area contributed by atoms with Crippen molar-refractivity contribution in [2.75, 3.05) is 5.32 Å². The number of hydrogen-bond acceptors (Lipinski definition) is 2. The second-order valence-electron chi connectivity index (χ2n) is 5.35. The molecule has 1 heterocycles. The first-order valence-corrected chi connectivity index (χ1v) is 7.69. The smallest absolute Gasteiger partial charge is 0.248 e. The number of carbonyl (C=O) groups excluding carboxylic acids is 1. The van der Waals surface area contributed by atoms with E-state index in [0.717, 1.165) is 16.8 Å². The summed E-state index contributed by atoms with van der Waals surface area (Å²) in [6, 6.07) is 18.7. The van der Waals surface area contributed by atoms with Crippen molar-refractivity contribution in [3.05, 3.63) is 84.2 Å². The average molecular weight is 315 g/mol. The van der Waals surface area contributed by atoms with Crippen LogP contribution in [0.3, 0.4) is 0 Å². The van der Waals surface area contributed by atoms with E-state index in [1.807, 2.05) is 54.6 Å². The summed E-state index contributed by atoms with van der Waals surface area (Å²) in [5.74, 6) is 6.10. The molecule has 4 nitrogen and oxygen atoms in total. The largest absolute Gasteiger partial charge is 0.324 e. The van der Waals surface area contributed by atoms with Crippen LogP contribution in [0.1, 0.15) is 24.1 Å². The summed E-state index contributed by atoms with van der Waals surface area (Å²) in [5, 5.41) is 6.99. The number of rotatable bonds is 3. The van der Waals surface area contributed by atoms with Gasteiger partial charge in [-0.3, -0.25) is 9.48 Å². The van der Waals surface area contributed by atoms with Gasteiger partial charge in [0.25, 0.3) is 0 Å². The molecule has 0 aliphatic rings. The van der Waals surface area contributed by atoms with Gasteiger partial charge in [0.2, 0.25) is 5.91 Å². The van der Waals surface area contributed by atoms with Crippen LogP contribution in [-0.4, -0.2) is 15.7 Å². The molecule has 3 rings (SSSR count). The molecule has 0 spiro atoms. The lowest BCUT2D eigenvalue weighted by molar-refractivity contribution is -0.119. The number of anilines is 1. The average Bonchev–Trinajstić information content (AvgIpc) is 3.15. The quantitative estimate of drug-likeness (QED) is 0.752. The molecule has 1 N–H and O–H groups in total. The third-order valence-electron chi connectivity index (χ3n) is 3.56. The SMILES string of the molecule is CC(C(=O)Nc1cccc(C#Cc2ccccc2)c1)n1cccn1. The van der Waals surface area contributed by atoms with Crippen molar-refractivity contribution >= 4 is 11.6 Å². The van der Waals surface area contributed by atoms with E-state index >= 15 is 0 Å². The van der Waals surface area contributed by atoms with Gasteiger partial charge in [0.1, 0.15) is 6.04 Å². The predicted octanol–water partition coefficient (Wildman–Crippen LogP) is 3.48. The summed E-state index contributed by atoms with van der Waals surface area (Å²) in [7, 11) is 0. The minimum absolute atomic E-state index is 0.119. The Morgan fingerprint density at radius 3 is 2.54 bits per heavy atom. The Kier molecular flexibility index (Phi) is 4.73. The highest BCUT2D eigenvalue weighted by molar-refractivity contribution is 5.93. The first-order chi connectivity index (χ1) is 11.7. The minimum Gasteiger partial charge on any atom is -0.324 e. The van der Waals surface area contributed by atoms with E-state index in [9.17, 15) is 4.79 Å². The highest BCUT2D eigenvalue weighted by atomic mass is 16.2. The molecule has 1 unspecified atom stereocenters. The highest BCUT2D eigenvalue weighted by Gasteiger charge is 2.14. The van der Waals surface area contributed by atoms with E-state index in [2.05, 4.69) is 22.3 Å². The van der Waals surface area contributed by atoms with Crippen molar-refractivity contribution in [3.63, 3.8) is 0 Å². The van der Waals surface area contributed by atoms with Gasteiger partial charge in [-0.1, -0.05) is 36.1 Å². The minimum atomic E-state index is -0.376. The van der Waals surface area contributed by atoms with E-state index < -0.39 is 0 Å². The fourth-order valence-corrected chi connectivity index (χ4v) is 2.22. The van der Waals surface area contributed by atoms with E-state index in [0.29, 0.717) is 0 Å². The van der Waals surface area contributed by atoms with Gasteiger partial charge in [-0.15, -0.1) is 0 Å². The number of nitrogens with one attached hydrogen (secondary N) is 1. The number of benzene rings is 2. The molecule has 0 saturated heterocycles. The van der Waals surface area contributed by atoms with Gasteiger partial charge in [-0.2, -0.15) is 5.10 Å². The monoisotopic (exact) mass is 315 g/mol. The molecule has 0 radical (unpaired) electrons. The Morgan fingerprint density at radius 1 is 1.04 bits per heavy atom. The van der Waals surface area contributed by atoms with Crippen LogP contribution >= 0.6 is 0 Å². The van der Waals surface area contributed by atoms with Crippen LogP contribution in [-0.2, 0) is 4.79 Å².